The fourth-order valence-electron chi connectivity index (χ4n) is 4.10. The van der Waals surface area contributed by atoms with Crippen LogP contribution in [-0.4, -0.2) is 113 Å². The summed E-state index contributed by atoms with van der Waals surface area (Å²) >= 11 is 0. The third-order valence-electron chi connectivity index (χ3n) is 6.21. The van der Waals surface area contributed by atoms with E-state index in [1.165, 1.54) is 18.2 Å². The first-order valence-electron chi connectivity index (χ1n) is 11.6. The molecule has 0 spiro atoms. The second-order valence-corrected chi connectivity index (χ2v) is 8.80. The molecular formula is C22H28N4O12. The van der Waals surface area contributed by atoms with Gasteiger partial charge in [0.1, 0.15) is 48.4 Å². The molecule has 8 N–H and O–H groups in total. The Bertz CT molecular complexity index is 1240. The van der Waals surface area contributed by atoms with Crippen molar-refractivity contribution < 1.29 is 49.6 Å². The van der Waals surface area contributed by atoms with Crippen molar-refractivity contribution in [3.63, 3.8) is 0 Å². The summed E-state index contributed by atoms with van der Waals surface area (Å²) in [4.78, 5) is 42.1. The molecule has 2 aliphatic heterocycles. The van der Waals surface area contributed by atoms with Gasteiger partial charge in [-0.15, -0.1) is 0 Å². The number of rotatable bonds is 8. The number of hydrogen-bond donors (Lipinski definition) is 8. The SMILES string of the molecule is O=C(NC[C@H]1O[C@@H](n2ccc(=O)[nH]c2=O)[C@H](O)[C@@H]1O)c1cccc(CO[C@@H]2O[C@H](CO)[C@@H](O)[C@H](O)[C@H]2O)n1. The van der Waals surface area contributed by atoms with Crippen molar-refractivity contribution in [1.82, 2.24) is 19.9 Å². The van der Waals surface area contributed by atoms with Gasteiger partial charge in [-0.05, 0) is 12.1 Å². The predicted molar refractivity (Wildman–Crippen MR) is 122 cm³/mol. The van der Waals surface area contributed by atoms with E-state index in [4.69, 9.17) is 14.2 Å². The second-order valence-electron chi connectivity index (χ2n) is 8.80. The van der Waals surface area contributed by atoms with Gasteiger partial charge in [0.15, 0.2) is 12.5 Å². The van der Waals surface area contributed by atoms with E-state index >= 15 is 0 Å². The van der Waals surface area contributed by atoms with Gasteiger partial charge in [-0.2, -0.15) is 0 Å². The van der Waals surface area contributed by atoms with E-state index in [-0.39, 0.29) is 24.5 Å². The highest BCUT2D eigenvalue weighted by Gasteiger charge is 2.45. The molecule has 2 aromatic rings. The lowest BCUT2D eigenvalue weighted by atomic mass is 9.99. The molecule has 1 amide bonds. The van der Waals surface area contributed by atoms with Gasteiger partial charge < -0.3 is 50.2 Å². The van der Waals surface area contributed by atoms with E-state index in [0.29, 0.717) is 0 Å². The Kier molecular flexibility index (Phi) is 8.66. The van der Waals surface area contributed by atoms with Crippen LogP contribution in [0.5, 0.6) is 0 Å². The summed E-state index contributed by atoms with van der Waals surface area (Å²) in [6.45, 7) is -1.12. The third-order valence-corrected chi connectivity index (χ3v) is 6.21. The Balaban J connectivity index is 1.34. The van der Waals surface area contributed by atoms with Crippen molar-refractivity contribution in [2.24, 2.45) is 0 Å². The van der Waals surface area contributed by atoms with Crippen LogP contribution in [0.2, 0.25) is 0 Å². The van der Waals surface area contributed by atoms with Gasteiger partial charge in [-0.3, -0.25) is 19.1 Å². The van der Waals surface area contributed by atoms with Crippen molar-refractivity contribution in [1.29, 1.82) is 0 Å². The van der Waals surface area contributed by atoms with Gasteiger partial charge in [0.25, 0.3) is 11.5 Å². The first-order chi connectivity index (χ1) is 18.1. The molecule has 2 saturated heterocycles. The van der Waals surface area contributed by atoms with Crippen molar-refractivity contribution in [2.75, 3.05) is 13.2 Å². The number of amides is 1. The molecule has 16 heteroatoms. The number of hydrogen-bond acceptors (Lipinski definition) is 13. The standard InChI is InChI=1S/C22H28N4O12/c27-7-12-15(30)16(31)18(33)21(38-12)36-8-9-2-1-3-10(24-9)19(34)23-6-11-14(29)17(32)20(37-11)26-5-4-13(28)25-22(26)35/h1-5,11-12,14-18,20-21,27,29-33H,6-8H2,(H,23,34)(H,25,28,35)/t11-,12-,14-,15-,16+,17-,18-,20-,21-/m1/s1. The predicted octanol–water partition coefficient (Wildman–Crippen LogP) is -4.70. The fraction of sp³-hybridized carbons (Fsp3) is 0.545. The summed E-state index contributed by atoms with van der Waals surface area (Å²) in [6, 6.07) is 5.49. The van der Waals surface area contributed by atoms with Gasteiger partial charge in [-0.25, -0.2) is 9.78 Å². The zero-order chi connectivity index (χ0) is 27.6. The Morgan fingerprint density at radius 2 is 1.74 bits per heavy atom. The minimum atomic E-state index is -1.61. The minimum Gasteiger partial charge on any atom is -0.394 e. The molecule has 4 heterocycles. The van der Waals surface area contributed by atoms with E-state index in [1.807, 2.05) is 4.98 Å². The highest BCUT2D eigenvalue weighted by molar-refractivity contribution is 5.92. The number of carbonyl (C=O) groups is 1. The number of aliphatic hydroxyl groups excluding tert-OH is 6. The maximum atomic E-state index is 12.6. The molecule has 2 aromatic heterocycles. The monoisotopic (exact) mass is 540 g/mol. The number of ether oxygens (including phenoxy) is 3. The van der Waals surface area contributed by atoms with E-state index in [1.54, 1.807) is 0 Å². The molecule has 0 radical (unpaired) electrons. The molecule has 4 rings (SSSR count). The molecule has 0 aliphatic carbocycles. The Hall–Kier alpha value is -3.06. The van der Waals surface area contributed by atoms with Crippen LogP contribution in [0.4, 0.5) is 0 Å². The van der Waals surface area contributed by atoms with Crippen molar-refractivity contribution >= 4 is 5.91 Å². The van der Waals surface area contributed by atoms with Crippen LogP contribution in [0, 0.1) is 0 Å². The Morgan fingerprint density at radius 1 is 1.00 bits per heavy atom. The van der Waals surface area contributed by atoms with Gasteiger partial charge in [0.05, 0.1) is 18.9 Å². The molecule has 0 unspecified atom stereocenters. The number of aromatic amines is 1. The van der Waals surface area contributed by atoms with Gasteiger partial charge in [0.2, 0.25) is 0 Å². The molecular weight excluding hydrogens is 512 g/mol. The summed E-state index contributed by atoms with van der Waals surface area (Å²) in [5, 5.41) is 62.2. The lowest BCUT2D eigenvalue weighted by molar-refractivity contribution is -0.304. The van der Waals surface area contributed by atoms with Gasteiger partial charge in [0, 0.05) is 18.8 Å². The number of aromatic nitrogens is 3. The molecule has 2 fully saturated rings. The molecule has 9 atom stereocenters. The quantitative estimate of drug-likeness (QED) is 0.157. The maximum absolute atomic E-state index is 12.6. The summed E-state index contributed by atoms with van der Waals surface area (Å²) in [5.74, 6) is -0.658. The summed E-state index contributed by atoms with van der Waals surface area (Å²) < 4.78 is 17.1. The first-order valence-corrected chi connectivity index (χ1v) is 11.6. The molecule has 38 heavy (non-hydrogen) atoms. The van der Waals surface area contributed by atoms with Crippen LogP contribution in [0.1, 0.15) is 22.4 Å². The van der Waals surface area contributed by atoms with Crippen LogP contribution in [0.25, 0.3) is 0 Å². The average Bonchev–Trinajstić information content (AvgIpc) is 3.18. The molecule has 0 saturated carbocycles. The van der Waals surface area contributed by atoms with Gasteiger partial charge >= 0.3 is 5.69 Å². The third kappa shape index (κ3) is 5.83. The second kappa shape index (κ2) is 11.8. The van der Waals surface area contributed by atoms with E-state index < -0.39 is 79.0 Å². The first kappa shape index (κ1) is 28.0. The van der Waals surface area contributed by atoms with Crippen molar-refractivity contribution in [3.05, 3.63) is 62.7 Å². The highest BCUT2D eigenvalue weighted by Crippen LogP contribution is 2.28. The molecule has 0 bridgehead atoms. The van der Waals surface area contributed by atoms with Crippen molar-refractivity contribution in [3.8, 4) is 0 Å². The zero-order valence-electron chi connectivity index (χ0n) is 19.7. The summed E-state index contributed by atoms with van der Waals surface area (Å²) in [6.07, 6.45) is -11.5. The Labute approximate surface area is 213 Å². The van der Waals surface area contributed by atoms with E-state index in [9.17, 15) is 45.0 Å². The number of pyridine rings is 1. The largest absolute Gasteiger partial charge is 0.394 e. The number of nitrogens with one attached hydrogen (secondary N) is 2. The number of aliphatic hydroxyl groups is 6. The lowest BCUT2D eigenvalue weighted by Crippen LogP contribution is -2.59. The van der Waals surface area contributed by atoms with Crippen LogP contribution in [-0.2, 0) is 20.8 Å². The zero-order valence-corrected chi connectivity index (χ0v) is 19.7. The number of nitrogens with zero attached hydrogens (tertiary/aromatic N) is 2. The molecule has 16 nitrogen and oxygen atoms in total. The van der Waals surface area contributed by atoms with Crippen LogP contribution >= 0.6 is 0 Å². The summed E-state index contributed by atoms with van der Waals surface area (Å²) in [5.41, 5.74) is -1.28. The summed E-state index contributed by atoms with van der Waals surface area (Å²) in [7, 11) is 0. The highest BCUT2D eigenvalue weighted by atomic mass is 16.7. The fourth-order valence-corrected chi connectivity index (χ4v) is 4.10. The van der Waals surface area contributed by atoms with Crippen LogP contribution in [0.15, 0.2) is 40.1 Å². The van der Waals surface area contributed by atoms with Crippen molar-refractivity contribution in [2.45, 2.75) is 61.9 Å². The molecule has 0 aromatic carbocycles. The lowest BCUT2D eigenvalue weighted by Gasteiger charge is -2.39. The normalized spacial score (nSPS) is 33.3. The van der Waals surface area contributed by atoms with E-state index in [2.05, 4.69) is 10.3 Å². The number of carbonyl (C=O) groups excluding carboxylic acids is 1. The molecule has 208 valence electrons. The minimum absolute atomic E-state index is 0.0404. The Morgan fingerprint density at radius 3 is 2.45 bits per heavy atom. The smallest absolute Gasteiger partial charge is 0.330 e. The molecule has 2 aliphatic rings. The van der Waals surface area contributed by atoms with Gasteiger partial charge in [-0.1, -0.05) is 6.07 Å². The number of H-pyrrole nitrogens is 1. The van der Waals surface area contributed by atoms with E-state index in [0.717, 1.165) is 16.8 Å². The van der Waals surface area contributed by atoms with Crippen LogP contribution in [0.3, 0.4) is 0 Å². The average molecular weight is 540 g/mol. The topological polar surface area (TPSA) is 246 Å². The van der Waals surface area contributed by atoms with Crippen LogP contribution < -0.4 is 16.6 Å². The maximum Gasteiger partial charge on any atom is 0.330 e.